The second-order valence-electron chi connectivity index (χ2n) is 9.30. The molecule has 0 aliphatic carbocycles. The predicted octanol–water partition coefficient (Wildman–Crippen LogP) is 3.71. The third-order valence-electron chi connectivity index (χ3n) is 7.04. The lowest BCUT2D eigenvalue weighted by atomic mass is 10.0. The number of hydrogen-bond acceptors (Lipinski definition) is 7. The van der Waals surface area contributed by atoms with E-state index in [4.69, 9.17) is 9.47 Å². The first-order chi connectivity index (χ1) is 17.6. The van der Waals surface area contributed by atoms with E-state index in [0.29, 0.717) is 43.2 Å². The molecule has 9 heteroatoms. The lowest BCUT2D eigenvalue weighted by molar-refractivity contribution is 0.135. The van der Waals surface area contributed by atoms with Gasteiger partial charge < -0.3 is 19.5 Å². The number of benzene rings is 2. The van der Waals surface area contributed by atoms with Gasteiger partial charge in [-0.1, -0.05) is 12.1 Å². The van der Waals surface area contributed by atoms with Crippen molar-refractivity contribution >= 4 is 16.6 Å². The summed E-state index contributed by atoms with van der Waals surface area (Å²) < 4.78 is 27.2. The molecule has 2 N–H and O–H groups in total. The zero-order valence-corrected chi connectivity index (χ0v) is 20.1. The molecule has 4 heterocycles. The highest BCUT2D eigenvalue weighted by Crippen LogP contribution is 2.38. The minimum atomic E-state index is -0.382. The highest BCUT2D eigenvalue weighted by molar-refractivity contribution is 5.95. The number of aromatic amines is 1. The smallest absolute Gasteiger partial charge is 0.143 e. The number of hydrogen-bond donors (Lipinski definition) is 2. The molecule has 2 aromatic carbocycles. The summed E-state index contributed by atoms with van der Waals surface area (Å²) in [6.45, 7) is 3.35. The van der Waals surface area contributed by atoms with E-state index in [-0.39, 0.29) is 18.5 Å². The topological polar surface area (TPSA) is 86.7 Å². The molecule has 2 aromatic heterocycles. The van der Waals surface area contributed by atoms with Gasteiger partial charge in [0.25, 0.3) is 0 Å². The molecule has 0 radical (unpaired) electrons. The van der Waals surface area contributed by atoms with E-state index in [0.717, 1.165) is 46.7 Å². The summed E-state index contributed by atoms with van der Waals surface area (Å²) in [7, 11) is 2.04. The number of piperazine rings is 1. The molecule has 2 aliphatic heterocycles. The third kappa shape index (κ3) is 4.04. The maximum absolute atomic E-state index is 14.9. The molecular formula is C27H28FN5O3. The molecule has 1 saturated heterocycles. The number of H-pyrrole nitrogens is 1. The number of nitrogens with one attached hydrogen (secondary N) is 1. The lowest BCUT2D eigenvalue weighted by Gasteiger charge is -2.40. The Kier molecular flexibility index (Phi) is 5.94. The van der Waals surface area contributed by atoms with Crippen molar-refractivity contribution in [2.75, 3.05) is 51.4 Å². The van der Waals surface area contributed by atoms with Gasteiger partial charge in [-0.05, 0) is 37.4 Å². The van der Waals surface area contributed by atoms with Crippen LogP contribution in [0.5, 0.6) is 11.5 Å². The number of halogens is 1. The highest BCUT2D eigenvalue weighted by Gasteiger charge is 2.26. The quantitative estimate of drug-likeness (QED) is 0.444. The Morgan fingerprint density at radius 2 is 1.97 bits per heavy atom. The van der Waals surface area contributed by atoms with Crippen LogP contribution in [-0.2, 0) is 0 Å². The van der Waals surface area contributed by atoms with Gasteiger partial charge in [0.15, 0.2) is 0 Å². The summed E-state index contributed by atoms with van der Waals surface area (Å²) >= 11 is 0. The summed E-state index contributed by atoms with van der Waals surface area (Å²) in [5.41, 5.74) is 4.23. The van der Waals surface area contributed by atoms with Crippen molar-refractivity contribution in [3.05, 3.63) is 54.5 Å². The van der Waals surface area contributed by atoms with Crippen LogP contribution in [0.2, 0.25) is 0 Å². The first-order valence-electron chi connectivity index (χ1n) is 12.2. The fraction of sp³-hybridized carbons (Fsp3) is 0.333. The van der Waals surface area contributed by atoms with Crippen molar-refractivity contribution in [1.29, 1.82) is 0 Å². The zero-order chi connectivity index (χ0) is 24.6. The summed E-state index contributed by atoms with van der Waals surface area (Å²) in [4.78, 5) is 8.95. The molecule has 36 heavy (non-hydrogen) atoms. The maximum Gasteiger partial charge on any atom is 0.143 e. The van der Waals surface area contributed by atoms with E-state index >= 15 is 0 Å². The molecule has 2 aliphatic rings. The predicted molar refractivity (Wildman–Crippen MR) is 136 cm³/mol. The normalized spacial score (nSPS) is 18.4. The Labute approximate surface area is 208 Å². The van der Waals surface area contributed by atoms with E-state index in [1.54, 1.807) is 18.3 Å². The van der Waals surface area contributed by atoms with Crippen LogP contribution in [0, 0.1) is 5.82 Å². The average Bonchev–Trinajstić information content (AvgIpc) is 3.32. The molecular weight excluding hydrogens is 461 g/mol. The van der Waals surface area contributed by atoms with Crippen LogP contribution in [-0.4, -0.2) is 77.7 Å². The largest absolute Gasteiger partial charge is 0.493 e. The van der Waals surface area contributed by atoms with Gasteiger partial charge >= 0.3 is 0 Å². The van der Waals surface area contributed by atoms with E-state index in [1.807, 2.05) is 25.2 Å². The molecule has 186 valence electrons. The molecule has 0 saturated carbocycles. The van der Waals surface area contributed by atoms with Crippen LogP contribution >= 0.6 is 0 Å². The van der Waals surface area contributed by atoms with Crippen molar-refractivity contribution in [2.45, 2.75) is 12.5 Å². The SMILES string of the molecule is CN1CCN(c2ccc3cc2OCCCOc2cccc(F)c2-c2cc4c-3n[nH]c4cn2)C[C@@H]1CO. The van der Waals surface area contributed by atoms with Crippen LogP contribution in [0.4, 0.5) is 10.1 Å². The van der Waals surface area contributed by atoms with Crippen LogP contribution in [0.15, 0.2) is 48.7 Å². The van der Waals surface area contributed by atoms with Crippen LogP contribution < -0.4 is 14.4 Å². The summed E-state index contributed by atoms with van der Waals surface area (Å²) in [6.07, 6.45) is 2.30. The van der Waals surface area contributed by atoms with Gasteiger partial charge in [-0.15, -0.1) is 0 Å². The number of aromatic nitrogens is 3. The Morgan fingerprint density at radius 3 is 2.83 bits per heavy atom. The van der Waals surface area contributed by atoms with Gasteiger partial charge in [0.05, 0.1) is 54.5 Å². The molecule has 0 unspecified atom stereocenters. The number of aliphatic hydroxyl groups excluding tert-OH is 1. The highest BCUT2D eigenvalue weighted by atomic mass is 19.1. The lowest BCUT2D eigenvalue weighted by Crippen LogP contribution is -2.53. The minimum Gasteiger partial charge on any atom is -0.493 e. The molecule has 1 atom stereocenters. The number of anilines is 1. The van der Waals surface area contributed by atoms with Gasteiger partial charge in [0.1, 0.15) is 23.0 Å². The van der Waals surface area contributed by atoms with Crippen molar-refractivity contribution in [1.82, 2.24) is 20.1 Å². The third-order valence-corrected chi connectivity index (χ3v) is 7.04. The standard InChI is InChI=1S/C27H28FN5O3/c1-32-8-9-33(15-18(32)16-34)23-7-6-17-12-25(23)36-11-3-10-35-24-5-2-4-20(28)26(24)21-13-19-22(14-29-21)30-31-27(17)19/h2,4-7,12-14,18,34H,3,8-11,15-16H2,1H3,(H,30,31)/t18-/m1/s1. The Morgan fingerprint density at radius 1 is 1.11 bits per heavy atom. The first kappa shape index (κ1) is 22.8. The van der Waals surface area contributed by atoms with Gasteiger partial charge in [0.2, 0.25) is 0 Å². The second-order valence-corrected chi connectivity index (χ2v) is 9.30. The van der Waals surface area contributed by atoms with E-state index in [1.165, 1.54) is 6.07 Å². The second kappa shape index (κ2) is 9.40. The van der Waals surface area contributed by atoms with Gasteiger partial charge in [-0.25, -0.2) is 4.39 Å². The van der Waals surface area contributed by atoms with E-state index in [2.05, 4.69) is 31.0 Å². The molecule has 1 fully saturated rings. The van der Waals surface area contributed by atoms with Crippen molar-refractivity contribution in [3.8, 4) is 34.0 Å². The molecule has 0 amide bonds. The van der Waals surface area contributed by atoms with Crippen LogP contribution in [0.25, 0.3) is 33.4 Å². The molecule has 4 aromatic rings. The van der Waals surface area contributed by atoms with Crippen molar-refractivity contribution in [2.24, 2.45) is 0 Å². The van der Waals surface area contributed by atoms with Gasteiger partial charge in [-0.3, -0.25) is 15.0 Å². The fourth-order valence-electron chi connectivity index (χ4n) is 4.97. The number of ether oxygens (including phenoxy) is 2. The number of fused-ring (bicyclic) bond motifs is 6. The summed E-state index contributed by atoms with van der Waals surface area (Å²) in [5.74, 6) is 0.839. The monoisotopic (exact) mass is 489 g/mol. The molecule has 0 spiro atoms. The number of likely N-dealkylation sites (N-methyl/N-ethyl adjacent to an activating group) is 1. The Bertz CT molecular complexity index is 1410. The molecule has 6 rings (SSSR count). The average molecular weight is 490 g/mol. The van der Waals surface area contributed by atoms with Crippen molar-refractivity contribution in [3.63, 3.8) is 0 Å². The molecule has 4 bridgehead atoms. The molecule has 8 nitrogen and oxygen atoms in total. The minimum absolute atomic E-state index is 0.0687. The van der Waals surface area contributed by atoms with Crippen molar-refractivity contribution < 1.29 is 19.0 Å². The summed E-state index contributed by atoms with van der Waals surface area (Å²) in [6, 6.07) is 12.9. The van der Waals surface area contributed by atoms with Gasteiger partial charge in [0, 0.05) is 37.0 Å². The summed E-state index contributed by atoms with van der Waals surface area (Å²) in [5, 5.41) is 18.3. The van der Waals surface area contributed by atoms with Crippen LogP contribution in [0.3, 0.4) is 0 Å². The number of aliphatic hydroxyl groups is 1. The number of nitrogens with zero attached hydrogens (tertiary/aromatic N) is 4. The zero-order valence-electron chi connectivity index (χ0n) is 20.1. The number of pyridine rings is 1. The van der Waals surface area contributed by atoms with E-state index < -0.39 is 0 Å². The van der Waals surface area contributed by atoms with E-state index in [9.17, 15) is 9.50 Å². The Hall–Kier alpha value is -3.69. The Balaban J connectivity index is 1.46. The number of rotatable bonds is 2. The van der Waals surface area contributed by atoms with Crippen LogP contribution in [0.1, 0.15) is 6.42 Å². The first-order valence-corrected chi connectivity index (χ1v) is 12.2. The maximum atomic E-state index is 14.9. The fourth-order valence-corrected chi connectivity index (χ4v) is 4.97. The van der Waals surface area contributed by atoms with Gasteiger partial charge in [-0.2, -0.15) is 5.10 Å².